The molecule has 4 heteroatoms. The molecule has 0 saturated carbocycles. The maximum Gasteiger partial charge on any atom is 0.234 e. The van der Waals surface area contributed by atoms with E-state index in [9.17, 15) is 4.79 Å². The molecule has 1 aromatic heterocycles. The second-order valence-electron chi connectivity index (χ2n) is 4.30. The van der Waals surface area contributed by atoms with E-state index in [2.05, 4.69) is 17.2 Å². The molecule has 0 unspecified atom stereocenters. The van der Waals surface area contributed by atoms with Crippen molar-refractivity contribution in [1.82, 2.24) is 4.98 Å². The standard InChI is InChI=1S/C15H16N2OS/c1-11-6-7-13(9-12(11)2)17-14(18)10-19-15-5-3-4-8-16-15/h3-9H,10H2,1-2H3,(H,17,18). The number of rotatable bonds is 4. The van der Waals surface area contributed by atoms with E-state index in [1.165, 1.54) is 22.9 Å². The number of nitrogens with zero attached hydrogens (tertiary/aromatic N) is 1. The minimum absolute atomic E-state index is 0.0149. The van der Waals surface area contributed by atoms with Gasteiger partial charge < -0.3 is 5.32 Å². The summed E-state index contributed by atoms with van der Waals surface area (Å²) >= 11 is 1.43. The van der Waals surface area contributed by atoms with Crippen molar-refractivity contribution < 1.29 is 4.79 Å². The van der Waals surface area contributed by atoms with Gasteiger partial charge in [0.1, 0.15) is 0 Å². The van der Waals surface area contributed by atoms with Crippen molar-refractivity contribution in [3.05, 3.63) is 53.7 Å². The van der Waals surface area contributed by atoms with Gasteiger partial charge in [0, 0.05) is 11.9 Å². The van der Waals surface area contributed by atoms with E-state index in [0.29, 0.717) is 5.75 Å². The first-order chi connectivity index (χ1) is 9.15. The van der Waals surface area contributed by atoms with E-state index in [4.69, 9.17) is 0 Å². The van der Waals surface area contributed by atoms with Crippen LogP contribution in [0.5, 0.6) is 0 Å². The van der Waals surface area contributed by atoms with Crippen LogP contribution in [-0.2, 0) is 4.79 Å². The van der Waals surface area contributed by atoms with Crippen LogP contribution < -0.4 is 5.32 Å². The van der Waals surface area contributed by atoms with Gasteiger partial charge in [-0.25, -0.2) is 4.98 Å². The number of hydrogen-bond donors (Lipinski definition) is 1. The highest BCUT2D eigenvalue weighted by Crippen LogP contribution is 2.17. The van der Waals surface area contributed by atoms with E-state index >= 15 is 0 Å². The van der Waals surface area contributed by atoms with Crippen molar-refractivity contribution >= 4 is 23.4 Å². The lowest BCUT2D eigenvalue weighted by Gasteiger charge is -2.07. The Hall–Kier alpha value is -1.81. The number of aryl methyl sites for hydroxylation is 2. The second-order valence-corrected chi connectivity index (χ2v) is 5.30. The summed E-state index contributed by atoms with van der Waals surface area (Å²) in [4.78, 5) is 16.0. The fourth-order valence-electron chi connectivity index (χ4n) is 1.59. The zero-order valence-corrected chi connectivity index (χ0v) is 11.8. The van der Waals surface area contributed by atoms with Crippen LogP contribution in [0.15, 0.2) is 47.6 Å². The molecule has 3 nitrogen and oxygen atoms in total. The summed E-state index contributed by atoms with van der Waals surface area (Å²) in [5.74, 6) is 0.350. The van der Waals surface area contributed by atoms with E-state index in [1.807, 2.05) is 43.3 Å². The Morgan fingerprint density at radius 1 is 1.21 bits per heavy atom. The SMILES string of the molecule is Cc1ccc(NC(=O)CSc2ccccn2)cc1C. The van der Waals surface area contributed by atoms with Crippen molar-refractivity contribution in [3.63, 3.8) is 0 Å². The number of anilines is 1. The number of pyridine rings is 1. The number of thioether (sulfide) groups is 1. The van der Waals surface area contributed by atoms with Gasteiger partial charge in [0.15, 0.2) is 0 Å². The zero-order valence-electron chi connectivity index (χ0n) is 11.0. The topological polar surface area (TPSA) is 42.0 Å². The molecule has 0 atom stereocenters. The van der Waals surface area contributed by atoms with Gasteiger partial charge in [0.05, 0.1) is 10.8 Å². The normalized spacial score (nSPS) is 10.2. The van der Waals surface area contributed by atoms with Crippen molar-refractivity contribution in [3.8, 4) is 0 Å². The van der Waals surface area contributed by atoms with Gasteiger partial charge in [-0.2, -0.15) is 0 Å². The molecule has 0 saturated heterocycles. The molecule has 19 heavy (non-hydrogen) atoms. The summed E-state index contributed by atoms with van der Waals surface area (Å²) in [6.07, 6.45) is 1.73. The Bertz CT molecular complexity index is 570. The summed E-state index contributed by atoms with van der Waals surface area (Å²) in [6.45, 7) is 4.09. The number of carbonyl (C=O) groups is 1. The second kappa shape index (κ2) is 6.38. The molecule has 1 heterocycles. The molecular formula is C15H16N2OS. The van der Waals surface area contributed by atoms with Gasteiger partial charge in [-0.1, -0.05) is 23.9 Å². The maximum atomic E-state index is 11.8. The highest BCUT2D eigenvalue weighted by atomic mass is 32.2. The van der Waals surface area contributed by atoms with E-state index in [0.717, 1.165) is 10.7 Å². The van der Waals surface area contributed by atoms with Gasteiger partial charge in [0.2, 0.25) is 5.91 Å². The van der Waals surface area contributed by atoms with Crippen LogP contribution in [0.2, 0.25) is 0 Å². The Labute approximate surface area is 117 Å². The number of hydrogen-bond acceptors (Lipinski definition) is 3. The maximum absolute atomic E-state index is 11.8. The summed E-state index contributed by atoms with van der Waals surface area (Å²) < 4.78 is 0. The molecule has 1 aromatic carbocycles. The van der Waals surface area contributed by atoms with Gasteiger partial charge in [0.25, 0.3) is 0 Å². The lowest BCUT2D eigenvalue weighted by atomic mass is 10.1. The summed E-state index contributed by atoms with van der Waals surface area (Å²) in [7, 11) is 0. The predicted octanol–water partition coefficient (Wildman–Crippen LogP) is 3.43. The monoisotopic (exact) mass is 272 g/mol. The molecule has 98 valence electrons. The quantitative estimate of drug-likeness (QED) is 0.867. The number of carbonyl (C=O) groups excluding carboxylic acids is 1. The lowest BCUT2D eigenvalue weighted by molar-refractivity contribution is -0.113. The average molecular weight is 272 g/mol. The van der Waals surface area contributed by atoms with Gasteiger partial charge in [-0.3, -0.25) is 4.79 Å². The first-order valence-corrected chi connectivity index (χ1v) is 7.04. The van der Waals surface area contributed by atoms with Crippen molar-refractivity contribution in [1.29, 1.82) is 0 Å². The highest BCUT2D eigenvalue weighted by molar-refractivity contribution is 7.99. The van der Waals surface area contributed by atoms with E-state index in [1.54, 1.807) is 6.20 Å². The van der Waals surface area contributed by atoms with Crippen LogP contribution in [0.1, 0.15) is 11.1 Å². The number of benzene rings is 1. The summed E-state index contributed by atoms with van der Waals surface area (Å²) in [6, 6.07) is 11.6. The first-order valence-electron chi connectivity index (χ1n) is 6.06. The van der Waals surface area contributed by atoms with Crippen molar-refractivity contribution in [2.45, 2.75) is 18.9 Å². The average Bonchev–Trinajstić information content (AvgIpc) is 2.42. The van der Waals surface area contributed by atoms with Gasteiger partial charge >= 0.3 is 0 Å². The number of aromatic nitrogens is 1. The molecule has 0 aliphatic carbocycles. The third-order valence-electron chi connectivity index (χ3n) is 2.78. The number of nitrogens with one attached hydrogen (secondary N) is 1. The molecular weight excluding hydrogens is 256 g/mol. The van der Waals surface area contributed by atoms with Crippen LogP contribution in [0, 0.1) is 13.8 Å². The Morgan fingerprint density at radius 3 is 2.74 bits per heavy atom. The molecule has 1 amide bonds. The third kappa shape index (κ3) is 4.10. The smallest absolute Gasteiger partial charge is 0.234 e. The van der Waals surface area contributed by atoms with Crippen molar-refractivity contribution in [2.75, 3.05) is 11.1 Å². The van der Waals surface area contributed by atoms with E-state index < -0.39 is 0 Å². The minimum atomic E-state index is -0.0149. The van der Waals surface area contributed by atoms with Crippen LogP contribution in [0.3, 0.4) is 0 Å². The molecule has 1 N–H and O–H groups in total. The summed E-state index contributed by atoms with van der Waals surface area (Å²) in [5, 5.41) is 3.75. The fraction of sp³-hybridized carbons (Fsp3) is 0.200. The van der Waals surface area contributed by atoms with Gasteiger partial charge in [-0.05, 0) is 49.2 Å². The molecule has 0 aliphatic heterocycles. The Balaban J connectivity index is 1.89. The molecule has 0 bridgehead atoms. The lowest BCUT2D eigenvalue weighted by Crippen LogP contribution is -2.14. The van der Waals surface area contributed by atoms with Gasteiger partial charge in [-0.15, -0.1) is 0 Å². The fourth-order valence-corrected chi connectivity index (χ4v) is 2.25. The molecule has 0 aliphatic rings. The molecule has 0 fully saturated rings. The largest absolute Gasteiger partial charge is 0.325 e. The molecule has 0 spiro atoms. The molecule has 0 radical (unpaired) electrons. The summed E-state index contributed by atoms with van der Waals surface area (Å²) in [5.41, 5.74) is 3.24. The Morgan fingerprint density at radius 2 is 2.05 bits per heavy atom. The van der Waals surface area contributed by atoms with Crippen LogP contribution in [0.25, 0.3) is 0 Å². The Kier molecular flexibility index (Phi) is 4.58. The zero-order chi connectivity index (χ0) is 13.7. The van der Waals surface area contributed by atoms with Crippen LogP contribution in [0.4, 0.5) is 5.69 Å². The van der Waals surface area contributed by atoms with Crippen molar-refractivity contribution in [2.24, 2.45) is 0 Å². The predicted molar refractivity (Wildman–Crippen MR) is 79.5 cm³/mol. The van der Waals surface area contributed by atoms with E-state index in [-0.39, 0.29) is 5.91 Å². The minimum Gasteiger partial charge on any atom is -0.325 e. The highest BCUT2D eigenvalue weighted by Gasteiger charge is 2.04. The first kappa shape index (κ1) is 13.6. The third-order valence-corrected chi connectivity index (χ3v) is 3.72. The molecule has 2 aromatic rings. The molecule has 2 rings (SSSR count). The van der Waals surface area contributed by atoms with Crippen LogP contribution >= 0.6 is 11.8 Å². The van der Waals surface area contributed by atoms with Crippen LogP contribution in [-0.4, -0.2) is 16.6 Å². The number of amides is 1.